The van der Waals surface area contributed by atoms with E-state index in [1.54, 1.807) is 32.0 Å². The van der Waals surface area contributed by atoms with Gasteiger partial charge in [-0.25, -0.2) is 4.98 Å². The van der Waals surface area contributed by atoms with Crippen molar-refractivity contribution < 1.29 is 36.2 Å². The van der Waals surface area contributed by atoms with Gasteiger partial charge in [-0.3, -0.25) is 4.72 Å². The van der Waals surface area contributed by atoms with Gasteiger partial charge in [0, 0.05) is 11.6 Å². The van der Waals surface area contributed by atoms with Crippen molar-refractivity contribution in [3.05, 3.63) is 65.7 Å². The number of benzene rings is 1. The monoisotopic (exact) mass is 541 g/mol. The number of ether oxygens (including phenoxy) is 2. The number of nitrogens with zero attached hydrogens (tertiary/aromatic N) is 2. The molecule has 0 radical (unpaired) electrons. The van der Waals surface area contributed by atoms with Crippen LogP contribution in [0, 0.1) is 6.92 Å². The summed E-state index contributed by atoms with van der Waals surface area (Å²) in [5.41, 5.74) is -0.627. The average molecular weight is 542 g/mol. The number of halogens is 3. The predicted octanol–water partition coefficient (Wildman–Crippen LogP) is 4.45. The standard InChI is InChI=1S/C23H22F3N3O5S2/c1-14-6-3-4-7-15(14)21-16(23(24,25)26)10-11-18(27-21)29-36(31,32)20-9-5-8-19(28-20)34-17-12-33-13-35-22(17,2)30/h3-11,17,30H,12-13H2,1-2H3,(H,27,29)/t17-,22+/m1/s1. The van der Waals surface area contributed by atoms with Crippen molar-refractivity contribution in [1.82, 2.24) is 9.97 Å². The molecule has 1 saturated heterocycles. The second-order valence-electron chi connectivity index (χ2n) is 8.12. The third kappa shape index (κ3) is 5.75. The lowest BCUT2D eigenvalue weighted by Gasteiger charge is -2.35. The molecule has 0 bridgehead atoms. The molecule has 8 nitrogen and oxygen atoms in total. The van der Waals surface area contributed by atoms with Crippen LogP contribution >= 0.6 is 11.8 Å². The maximum absolute atomic E-state index is 13.7. The zero-order valence-electron chi connectivity index (χ0n) is 19.1. The molecule has 4 rings (SSSR count). The topological polar surface area (TPSA) is 111 Å². The van der Waals surface area contributed by atoms with E-state index < -0.39 is 43.5 Å². The summed E-state index contributed by atoms with van der Waals surface area (Å²) in [5.74, 6) is -0.104. The summed E-state index contributed by atoms with van der Waals surface area (Å²) in [6.07, 6.45) is -5.50. The Morgan fingerprint density at radius 1 is 1.14 bits per heavy atom. The molecule has 1 fully saturated rings. The minimum absolute atomic E-state index is 0.0739. The summed E-state index contributed by atoms with van der Waals surface area (Å²) in [6, 6.07) is 12.1. The van der Waals surface area contributed by atoms with Gasteiger partial charge in [0.25, 0.3) is 10.0 Å². The summed E-state index contributed by atoms with van der Waals surface area (Å²) in [6.45, 7) is 3.26. The second-order valence-corrected chi connectivity index (χ2v) is 11.1. The molecule has 0 amide bonds. The van der Waals surface area contributed by atoms with Crippen molar-refractivity contribution in [1.29, 1.82) is 0 Å². The highest BCUT2D eigenvalue weighted by Crippen LogP contribution is 2.38. The predicted molar refractivity (Wildman–Crippen MR) is 128 cm³/mol. The van der Waals surface area contributed by atoms with Crippen molar-refractivity contribution in [2.45, 2.75) is 36.1 Å². The van der Waals surface area contributed by atoms with Gasteiger partial charge in [0.15, 0.2) is 11.1 Å². The summed E-state index contributed by atoms with van der Waals surface area (Å²) >= 11 is 1.12. The van der Waals surface area contributed by atoms with Crippen molar-refractivity contribution in [2.75, 3.05) is 17.3 Å². The summed E-state index contributed by atoms with van der Waals surface area (Å²) in [5, 5.41) is 10.0. The van der Waals surface area contributed by atoms with Crippen LogP contribution in [-0.4, -0.2) is 47.1 Å². The summed E-state index contributed by atoms with van der Waals surface area (Å²) in [7, 11) is -4.35. The molecule has 2 N–H and O–H groups in total. The van der Waals surface area contributed by atoms with Crippen LogP contribution in [0.3, 0.4) is 0 Å². The van der Waals surface area contributed by atoms with Gasteiger partial charge in [-0.2, -0.15) is 26.6 Å². The highest BCUT2D eigenvalue weighted by Gasteiger charge is 2.39. The number of aromatic nitrogens is 2. The van der Waals surface area contributed by atoms with E-state index in [9.17, 15) is 26.7 Å². The van der Waals surface area contributed by atoms with Crippen LogP contribution in [0.2, 0.25) is 0 Å². The van der Waals surface area contributed by atoms with E-state index in [0.29, 0.717) is 5.56 Å². The number of thioether (sulfide) groups is 1. The maximum atomic E-state index is 13.7. The lowest BCUT2D eigenvalue weighted by Crippen LogP contribution is -2.47. The van der Waals surface area contributed by atoms with Crippen LogP contribution in [0.4, 0.5) is 19.0 Å². The maximum Gasteiger partial charge on any atom is 0.418 e. The molecule has 2 aromatic heterocycles. The molecule has 36 heavy (non-hydrogen) atoms. The number of nitrogens with one attached hydrogen (secondary N) is 1. The lowest BCUT2D eigenvalue weighted by atomic mass is 10.0. The molecule has 1 aliphatic rings. The fraction of sp³-hybridized carbons (Fsp3) is 0.304. The van der Waals surface area contributed by atoms with E-state index in [1.165, 1.54) is 24.3 Å². The third-order valence-electron chi connectivity index (χ3n) is 5.38. The molecule has 3 aromatic rings. The number of alkyl halides is 3. The number of aryl methyl sites for hydroxylation is 1. The molecule has 0 spiro atoms. The summed E-state index contributed by atoms with van der Waals surface area (Å²) < 4.78 is 80.1. The van der Waals surface area contributed by atoms with Gasteiger partial charge in [0.1, 0.15) is 10.8 Å². The smallest absolute Gasteiger partial charge is 0.418 e. The molecule has 0 unspecified atom stereocenters. The minimum Gasteiger partial charge on any atom is -0.468 e. The number of rotatable bonds is 6. The normalized spacial score (nSPS) is 20.7. The Balaban J connectivity index is 1.64. The SMILES string of the molecule is Cc1ccccc1-c1nc(NS(=O)(=O)c2cccc(O[C@@H]3COCS[C@]3(C)O)n2)ccc1C(F)(F)F. The number of hydrogen-bond donors (Lipinski definition) is 2. The Hall–Kier alpha value is -2.87. The van der Waals surface area contributed by atoms with Gasteiger partial charge in [-0.1, -0.05) is 42.1 Å². The molecule has 2 atom stereocenters. The van der Waals surface area contributed by atoms with E-state index >= 15 is 0 Å². The molecule has 13 heteroatoms. The number of anilines is 1. The van der Waals surface area contributed by atoms with Crippen LogP contribution in [0.5, 0.6) is 5.88 Å². The summed E-state index contributed by atoms with van der Waals surface area (Å²) in [4.78, 5) is 6.72. The molecule has 3 heterocycles. The van der Waals surface area contributed by atoms with Crippen molar-refractivity contribution in [3.63, 3.8) is 0 Å². The van der Waals surface area contributed by atoms with Crippen LogP contribution in [-0.2, 0) is 20.9 Å². The number of pyridine rings is 2. The Kier molecular flexibility index (Phi) is 7.19. The molecular weight excluding hydrogens is 519 g/mol. The Morgan fingerprint density at radius 2 is 1.89 bits per heavy atom. The lowest BCUT2D eigenvalue weighted by molar-refractivity contribution is -0.137. The molecule has 0 saturated carbocycles. The molecule has 0 aliphatic carbocycles. The fourth-order valence-corrected chi connectivity index (χ4v) is 5.12. The highest BCUT2D eigenvalue weighted by atomic mass is 32.2. The number of aliphatic hydroxyl groups is 1. The van der Waals surface area contributed by atoms with Crippen molar-refractivity contribution in [3.8, 4) is 17.1 Å². The van der Waals surface area contributed by atoms with E-state index in [1.807, 2.05) is 0 Å². The van der Waals surface area contributed by atoms with Crippen LogP contribution < -0.4 is 9.46 Å². The van der Waals surface area contributed by atoms with Crippen LogP contribution in [0.15, 0.2) is 59.6 Å². The van der Waals surface area contributed by atoms with E-state index in [0.717, 1.165) is 23.9 Å². The molecule has 1 aliphatic heterocycles. The fourth-order valence-electron chi connectivity index (χ4n) is 3.44. The molecule has 192 valence electrons. The number of sulfonamides is 1. The van der Waals surface area contributed by atoms with Crippen molar-refractivity contribution >= 4 is 27.6 Å². The van der Waals surface area contributed by atoms with E-state index in [-0.39, 0.29) is 29.8 Å². The first kappa shape index (κ1) is 26.2. The van der Waals surface area contributed by atoms with Gasteiger partial charge >= 0.3 is 6.18 Å². The Labute approximate surface area is 209 Å². The van der Waals surface area contributed by atoms with Crippen LogP contribution in [0.25, 0.3) is 11.3 Å². The van der Waals surface area contributed by atoms with Gasteiger partial charge in [-0.15, -0.1) is 0 Å². The Bertz CT molecular complexity index is 1370. The first-order valence-corrected chi connectivity index (χ1v) is 13.1. The van der Waals surface area contributed by atoms with E-state index in [2.05, 4.69) is 14.7 Å². The van der Waals surface area contributed by atoms with Gasteiger partial charge in [0.05, 0.1) is 23.8 Å². The molecular formula is C23H22F3N3O5S2. The molecule has 1 aromatic carbocycles. The van der Waals surface area contributed by atoms with Gasteiger partial charge in [0.2, 0.25) is 5.88 Å². The zero-order valence-corrected chi connectivity index (χ0v) is 20.7. The second kappa shape index (κ2) is 9.88. The first-order valence-electron chi connectivity index (χ1n) is 10.6. The van der Waals surface area contributed by atoms with Gasteiger partial charge in [-0.05, 0) is 37.6 Å². The van der Waals surface area contributed by atoms with Gasteiger partial charge < -0.3 is 14.6 Å². The van der Waals surface area contributed by atoms with Crippen molar-refractivity contribution in [2.24, 2.45) is 0 Å². The average Bonchev–Trinajstić information content (AvgIpc) is 2.80. The third-order valence-corrected chi connectivity index (χ3v) is 7.76. The largest absolute Gasteiger partial charge is 0.468 e. The first-order chi connectivity index (χ1) is 16.9. The minimum atomic E-state index is -4.70. The quantitative estimate of drug-likeness (QED) is 0.471. The van der Waals surface area contributed by atoms with E-state index in [4.69, 9.17) is 9.47 Å². The zero-order chi connectivity index (χ0) is 26.1. The Morgan fingerprint density at radius 3 is 2.58 bits per heavy atom. The van der Waals surface area contributed by atoms with Crippen LogP contribution in [0.1, 0.15) is 18.1 Å². The number of hydrogen-bond acceptors (Lipinski definition) is 8. The highest BCUT2D eigenvalue weighted by molar-refractivity contribution is 8.00.